The Kier molecular flexibility index (Phi) is 6.27. The molecule has 5 nitrogen and oxygen atoms in total. The number of amides is 1. The van der Waals surface area contributed by atoms with Crippen LogP contribution in [0.4, 0.5) is 5.82 Å². The van der Waals surface area contributed by atoms with E-state index in [9.17, 15) is 4.79 Å². The van der Waals surface area contributed by atoms with Gasteiger partial charge in [0, 0.05) is 41.1 Å². The van der Waals surface area contributed by atoms with Gasteiger partial charge in [0.1, 0.15) is 16.5 Å². The monoisotopic (exact) mass is 480 g/mol. The van der Waals surface area contributed by atoms with Gasteiger partial charge < -0.3 is 9.80 Å². The fraction of sp³-hybridized carbons (Fsp3) is 0.350. The second kappa shape index (κ2) is 8.35. The van der Waals surface area contributed by atoms with Gasteiger partial charge in [-0.05, 0) is 50.6 Å². The highest BCUT2D eigenvalue weighted by molar-refractivity contribution is 9.10. The van der Waals surface area contributed by atoms with E-state index < -0.39 is 0 Å². The molecule has 3 heterocycles. The number of hydrogen-bond acceptors (Lipinski definition) is 5. The Labute approximate surface area is 183 Å². The number of aryl methyl sites for hydroxylation is 3. The third-order valence-corrected chi connectivity index (χ3v) is 6.71. The standard InChI is InChI=1S/C20H21BrN4OS.ClH/c1-12-13(2)27-19-17(12)18(22-14(3)23-19)24-8-10-25(11-9-24)20(26)15-4-6-16(21)7-5-15;/h4-7H,8-11H2,1-3H3;1H. The Balaban J connectivity index is 0.00000225. The number of piperazine rings is 1. The van der Waals surface area contributed by atoms with Crippen LogP contribution in [0.5, 0.6) is 0 Å². The second-order valence-electron chi connectivity index (χ2n) is 6.84. The van der Waals surface area contributed by atoms with Crippen molar-refractivity contribution in [3.05, 3.63) is 50.6 Å². The average molecular weight is 482 g/mol. The summed E-state index contributed by atoms with van der Waals surface area (Å²) in [4.78, 5) is 28.7. The number of benzene rings is 1. The average Bonchev–Trinajstić information content (AvgIpc) is 2.95. The van der Waals surface area contributed by atoms with Crippen LogP contribution in [0, 0.1) is 20.8 Å². The van der Waals surface area contributed by atoms with Crippen LogP contribution in [-0.2, 0) is 0 Å². The number of carbonyl (C=O) groups is 1. The van der Waals surface area contributed by atoms with E-state index in [1.165, 1.54) is 10.4 Å². The summed E-state index contributed by atoms with van der Waals surface area (Å²) in [5.74, 6) is 1.90. The van der Waals surface area contributed by atoms with Crippen molar-refractivity contribution in [1.82, 2.24) is 14.9 Å². The molecule has 4 rings (SSSR count). The third-order valence-electron chi connectivity index (χ3n) is 5.08. The second-order valence-corrected chi connectivity index (χ2v) is 8.96. The van der Waals surface area contributed by atoms with E-state index in [-0.39, 0.29) is 18.3 Å². The number of rotatable bonds is 2. The van der Waals surface area contributed by atoms with E-state index in [0.717, 1.165) is 45.0 Å². The van der Waals surface area contributed by atoms with Gasteiger partial charge in [-0.25, -0.2) is 9.97 Å². The van der Waals surface area contributed by atoms with Crippen molar-refractivity contribution >= 4 is 61.6 Å². The van der Waals surface area contributed by atoms with Crippen molar-refractivity contribution in [1.29, 1.82) is 0 Å². The van der Waals surface area contributed by atoms with Crippen LogP contribution in [0.25, 0.3) is 10.2 Å². The Morgan fingerprint density at radius 2 is 1.68 bits per heavy atom. The Morgan fingerprint density at radius 3 is 2.32 bits per heavy atom. The fourth-order valence-electron chi connectivity index (χ4n) is 3.46. The van der Waals surface area contributed by atoms with Gasteiger partial charge in [-0.2, -0.15) is 0 Å². The highest BCUT2D eigenvalue weighted by Gasteiger charge is 2.25. The molecule has 0 aliphatic carbocycles. The molecule has 1 aromatic carbocycles. The number of nitrogens with zero attached hydrogens (tertiary/aromatic N) is 4. The molecule has 0 spiro atoms. The van der Waals surface area contributed by atoms with Crippen LogP contribution in [-0.4, -0.2) is 47.0 Å². The highest BCUT2D eigenvalue weighted by atomic mass is 79.9. The Bertz CT molecular complexity index is 1010. The van der Waals surface area contributed by atoms with E-state index in [1.54, 1.807) is 11.3 Å². The van der Waals surface area contributed by atoms with Gasteiger partial charge >= 0.3 is 0 Å². The van der Waals surface area contributed by atoms with E-state index in [1.807, 2.05) is 36.1 Å². The number of thiophene rings is 1. The predicted octanol–water partition coefficient (Wildman–Crippen LogP) is 4.76. The zero-order chi connectivity index (χ0) is 19.1. The lowest BCUT2D eigenvalue weighted by atomic mass is 10.1. The van der Waals surface area contributed by atoms with Gasteiger partial charge in [-0.15, -0.1) is 23.7 Å². The molecule has 0 N–H and O–H groups in total. The van der Waals surface area contributed by atoms with Gasteiger partial charge in [-0.1, -0.05) is 15.9 Å². The zero-order valence-electron chi connectivity index (χ0n) is 16.0. The number of carbonyl (C=O) groups excluding carboxylic acids is 1. The molecular weight excluding hydrogens is 460 g/mol. The van der Waals surface area contributed by atoms with Gasteiger partial charge in [0.15, 0.2) is 0 Å². The molecule has 8 heteroatoms. The number of hydrogen-bond donors (Lipinski definition) is 0. The van der Waals surface area contributed by atoms with Crippen LogP contribution in [0.15, 0.2) is 28.7 Å². The van der Waals surface area contributed by atoms with Crippen molar-refractivity contribution in [2.75, 3.05) is 31.1 Å². The molecule has 0 bridgehead atoms. The maximum absolute atomic E-state index is 12.7. The molecule has 0 unspecified atom stereocenters. The van der Waals surface area contributed by atoms with Crippen molar-refractivity contribution in [3.63, 3.8) is 0 Å². The fourth-order valence-corrected chi connectivity index (χ4v) is 4.79. The molecule has 1 fully saturated rings. The number of aromatic nitrogens is 2. The molecule has 1 amide bonds. The molecule has 1 aliphatic heterocycles. The van der Waals surface area contributed by atoms with Gasteiger partial charge in [0.25, 0.3) is 5.91 Å². The van der Waals surface area contributed by atoms with Crippen LogP contribution < -0.4 is 4.90 Å². The summed E-state index contributed by atoms with van der Waals surface area (Å²) in [6, 6.07) is 7.55. The van der Waals surface area contributed by atoms with Crippen molar-refractivity contribution < 1.29 is 4.79 Å². The molecule has 28 heavy (non-hydrogen) atoms. The normalized spacial score (nSPS) is 14.3. The molecule has 2 aromatic heterocycles. The minimum Gasteiger partial charge on any atom is -0.352 e. The summed E-state index contributed by atoms with van der Waals surface area (Å²) in [6.45, 7) is 9.17. The van der Waals surface area contributed by atoms with Crippen LogP contribution >= 0.6 is 39.7 Å². The summed E-state index contributed by atoms with van der Waals surface area (Å²) >= 11 is 5.14. The minimum absolute atomic E-state index is 0. The SMILES string of the molecule is Cc1nc(N2CCN(C(=O)c3ccc(Br)cc3)CC2)c2c(C)c(C)sc2n1.Cl. The van der Waals surface area contributed by atoms with Gasteiger partial charge in [0.2, 0.25) is 0 Å². The summed E-state index contributed by atoms with van der Waals surface area (Å²) < 4.78 is 0.980. The van der Waals surface area contributed by atoms with Crippen LogP contribution in [0.2, 0.25) is 0 Å². The van der Waals surface area contributed by atoms with Crippen LogP contribution in [0.3, 0.4) is 0 Å². The molecule has 148 valence electrons. The number of fused-ring (bicyclic) bond motifs is 1. The Hall–Kier alpha value is -1.70. The molecule has 1 aliphatic rings. The van der Waals surface area contributed by atoms with Gasteiger partial charge in [-0.3, -0.25) is 4.79 Å². The van der Waals surface area contributed by atoms with E-state index in [2.05, 4.69) is 39.7 Å². The first-order valence-electron chi connectivity index (χ1n) is 8.98. The first-order chi connectivity index (χ1) is 12.9. The molecule has 1 saturated heterocycles. The van der Waals surface area contributed by atoms with E-state index in [0.29, 0.717) is 13.1 Å². The van der Waals surface area contributed by atoms with Crippen molar-refractivity contribution in [3.8, 4) is 0 Å². The van der Waals surface area contributed by atoms with Gasteiger partial charge in [0.05, 0.1) is 5.39 Å². The molecule has 0 atom stereocenters. The molecule has 0 radical (unpaired) electrons. The number of halogens is 2. The summed E-state index contributed by atoms with van der Waals surface area (Å²) in [6.07, 6.45) is 0. The number of anilines is 1. The Morgan fingerprint density at radius 1 is 1.04 bits per heavy atom. The summed E-state index contributed by atoms with van der Waals surface area (Å²) in [7, 11) is 0. The molecular formula is C20H22BrClN4OS. The largest absolute Gasteiger partial charge is 0.352 e. The lowest BCUT2D eigenvalue weighted by molar-refractivity contribution is 0.0746. The lowest BCUT2D eigenvalue weighted by Crippen LogP contribution is -2.49. The predicted molar refractivity (Wildman–Crippen MR) is 121 cm³/mol. The van der Waals surface area contributed by atoms with E-state index >= 15 is 0 Å². The van der Waals surface area contributed by atoms with E-state index in [4.69, 9.17) is 4.98 Å². The first-order valence-corrected chi connectivity index (χ1v) is 10.6. The van der Waals surface area contributed by atoms with Crippen LogP contribution in [0.1, 0.15) is 26.6 Å². The highest BCUT2D eigenvalue weighted by Crippen LogP contribution is 2.35. The summed E-state index contributed by atoms with van der Waals surface area (Å²) in [5, 5.41) is 1.16. The quantitative estimate of drug-likeness (QED) is 0.529. The summed E-state index contributed by atoms with van der Waals surface area (Å²) in [5.41, 5.74) is 1.99. The minimum atomic E-state index is 0. The van der Waals surface area contributed by atoms with Crippen molar-refractivity contribution in [2.45, 2.75) is 20.8 Å². The maximum atomic E-state index is 12.7. The lowest BCUT2D eigenvalue weighted by Gasteiger charge is -2.36. The molecule has 0 saturated carbocycles. The molecule has 3 aromatic rings. The van der Waals surface area contributed by atoms with Crippen molar-refractivity contribution in [2.24, 2.45) is 0 Å². The maximum Gasteiger partial charge on any atom is 0.253 e. The third kappa shape index (κ3) is 3.88. The zero-order valence-corrected chi connectivity index (χ0v) is 19.2. The first kappa shape index (κ1) is 21.0. The smallest absolute Gasteiger partial charge is 0.253 e. The topological polar surface area (TPSA) is 49.3 Å².